The highest BCUT2D eigenvalue weighted by atomic mass is 32.2. The minimum Gasteiger partial charge on any atom is -0.480 e. The van der Waals surface area contributed by atoms with Gasteiger partial charge in [-0.25, -0.2) is 18.0 Å². The van der Waals surface area contributed by atoms with Crippen molar-refractivity contribution in [3.8, 4) is 0 Å². The van der Waals surface area contributed by atoms with Gasteiger partial charge in [0.05, 0.1) is 5.75 Å². The number of aliphatic carboxylic acids is 1. The van der Waals surface area contributed by atoms with Crippen molar-refractivity contribution in [1.82, 2.24) is 10.6 Å². The molecule has 8 heteroatoms. The number of nitrogens with one attached hydrogen (secondary N) is 2. The van der Waals surface area contributed by atoms with Gasteiger partial charge < -0.3 is 15.7 Å². The summed E-state index contributed by atoms with van der Waals surface area (Å²) < 4.78 is 21.7. The van der Waals surface area contributed by atoms with Crippen LogP contribution >= 0.6 is 0 Å². The van der Waals surface area contributed by atoms with E-state index in [-0.39, 0.29) is 12.3 Å². The molecule has 18 heavy (non-hydrogen) atoms. The molecule has 0 radical (unpaired) electrons. The third-order valence-electron chi connectivity index (χ3n) is 2.95. The summed E-state index contributed by atoms with van der Waals surface area (Å²) in [5, 5.41) is 13.9. The smallest absolute Gasteiger partial charge is 0.329 e. The van der Waals surface area contributed by atoms with Crippen molar-refractivity contribution in [3.63, 3.8) is 0 Å². The second-order valence-electron chi connectivity index (χ2n) is 4.61. The first-order chi connectivity index (χ1) is 8.25. The number of carbonyl (C=O) groups excluding carboxylic acids is 1. The minimum atomic E-state index is -3.03. The van der Waals surface area contributed by atoms with Gasteiger partial charge in [0.1, 0.15) is 15.4 Å². The number of sulfone groups is 1. The number of hydrogen-bond donors (Lipinski definition) is 3. The molecule has 0 aromatic heterocycles. The summed E-state index contributed by atoms with van der Waals surface area (Å²) >= 11 is 0. The van der Waals surface area contributed by atoms with Gasteiger partial charge in [-0.2, -0.15) is 0 Å². The lowest BCUT2D eigenvalue weighted by Crippen LogP contribution is -2.61. The zero-order valence-corrected chi connectivity index (χ0v) is 11.0. The largest absolute Gasteiger partial charge is 0.480 e. The van der Waals surface area contributed by atoms with Gasteiger partial charge in [0.25, 0.3) is 0 Å². The Kier molecular flexibility index (Phi) is 4.55. The van der Waals surface area contributed by atoms with E-state index in [1.54, 1.807) is 0 Å². The Morgan fingerprint density at radius 3 is 2.33 bits per heavy atom. The summed E-state index contributed by atoms with van der Waals surface area (Å²) in [6.07, 6.45) is 3.08. The van der Waals surface area contributed by atoms with Gasteiger partial charge in [0.15, 0.2) is 0 Å². The standard InChI is InChI=1S/C10H18N2O5S/c1-18(16,17)7-3-6-11-9(15)12-10(8(13)14)4-2-5-10/h2-7H2,1H3,(H,13,14)(H2,11,12,15). The summed E-state index contributed by atoms with van der Waals surface area (Å²) in [6, 6.07) is -0.564. The Balaban J connectivity index is 2.28. The molecule has 0 unspecified atom stereocenters. The summed E-state index contributed by atoms with van der Waals surface area (Å²) in [7, 11) is -3.03. The molecule has 104 valence electrons. The van der Waals surface area contributed by atoms with E-state index in [0.717, 1.165) is 12.7 Å². The van der Waals surface area contributed by atoms with Crippen LogP contribution in [0.1, 0.15) is 25.7 Å². The number of amides is 2. The number of hydrogen-bond acceptors (Lipinski definition) is 4. The number of urea groups is 1. The maximum atomic E-state index is 11.4. The average molecular weight is 278 g/mol. The van der Waals surface area contributed by atoms with Gasteiger partial charge in [0, 0.05) is 12.8 Å². The molecule has 1 rings (SSSR count). The maximum Gasteiger partial charge on any atom is 0.329 e. The molecule has 3 N–H and O–H groups in total. The minimum absolute atomic E-state index is 0.00263. The van der Waals surface area contributed by atoms with Crippen LogP contribution in [-0.4, -0.2) is 49.6 Å². The molecule has 1 fully saturated rings. The highest BCUT2D eigenvalue weighted by Crippen LogP contribution is 2.31. The van der Waals surface area contributed by atoms with Crippen LogP contribution < -0.4 is 10.6 Å². The van der Waals surface area contributed by atoms with Crippen molar-refractivity contribution < 1.29 is 23.1 Å². The molecule has 0 heterocycles. The first kappa shape index (κ1) is 14.7. The van der Waals surface area contributed by atoms with E-state index in [2.05, 4.69) is 10.6 Å². The van der Waals surface area contributed by atoms with E-state index in [9.17, 15) is 18.0 Å². The zero-order valence-electron chi connectivity index (χ0n) is 10.2. The fourth-order valence-corrected chi connectivity index (χ4v) is 2.39. The number of rotatable bonds is 6. The topological polar surface area (TPSA) is 113 Å². The second-order valence-corrected chi connectivity index (χ2v) is 6.86. The normalized spacial score (nSPS) is 17.6. The summed E-state index contributed by atoms with van der Waals surface area (Å²) in [6.45, 7) is 0.203. The SMILES string of the molecule is CS(=O)(=O)CCCNC(=O)NC1(C(=O)O)CCC1. The highest BCUT2D eigenvalue weighted by Gasteiger charge is 2.45. The number of carboxylic acids is 1. The lowest BCUT2D eigenvalue weighted by atomic mass is 9.77. The van der Waals surface area contributed by atoms with Crippen LogP contribution in [0.3, 0.4) is 0 Å². The van der Waals surface area contributed by atoms with Crippen LogP contribution in [0, 0.1) is 0 Å². The Morgan fingerprint density at radius 2 is 1.94 bits per heavy atom. The lowest BCUT2D eigenvalue weighted by molar-refractivity contribution is -0.148. The van der Waals surface area contributed by atoms with Crippen molar-refractivity contribution in [1.29, 1.82) is 0 Å². The predicted octanol–water partition coefficient (Wildman–Crippen LogP) is -0.272. The van der Waals surface area contributed by atoms with E-state index in [1.807, 2.05) is 0 Å². The predicted molar refractivity (Wildman–Crippen MR) is 65.1 cm³/mol. The molecule has 2 amide bonds. The van der Waals surface area contributed by atoms with Crippen LogP contribution in [0.2, 0.25) is 0 Å². The van der Waals surface area contributed by atoms with E-state index >= 15 is 0 Å². The molecule has 0 aromatic rings. The van der Waals surface area contributed by atoms with Crippen LogP contribution in [0.5, 0.6) is 0 Å². The molecule has 1 saturated carbocycles. The van der Waals surface area contributed by atoms with Crippen molar-refractivity contribution in [3.05, 3.63) is 0 Å². The fraction of sp³-hybridized carbons (Fsp3) is 0.800. The Bertz CT molecular complexity index is 428. The second kappa shape index (κ2) is 5.55. The number of carbonyl (C=O) groups is 2. The molecular formula is C10H18N2O5S. The van der Waals surface area contributed by atoms with Crippen LogP contribution in [-0.2, 0) is 14.6 Å². The molecule has 0 saturated heterocycles. The third kappa shape index (κ3) is 4.17. The fourth-order valence-electron chi connectivity index (χ4n) is 1.72. The molecule has 1 aliphatic rings. The molecule has 1 aliphatic carbocycles. The summed E-state index contributed by atoms with van der Waals surface area (Å²) in [5.41, 5.74) is -1.14. The summed E-state index contributed by atoms with van der Waals surface area (Å²) in [4.78, 5) is 22.4. The van der Waals surface area contributed by atoms with E-state index in [0.29, 0.717) is 19.3 Å². The van der Waals surface area contributed by atoms with Crippen molar-refractivity contribution >= 4 is 21.8 Å². The quantitative estimate of drug-likeness (QED) is 0.579. The van der Waals surface area contributed by atoms with E-state index in [1.165, 1.54) is 0 Å². The molecule has 0 bridgehead atoms. The monoisotopic (exact) mass is 278 g/mol. The molecule has 0 aromatic carbocycles. The maximum absolute atomic E-state index is 11.4. The molecular weight excluding hydrogens is 260 g/mol. The van der Waals surface area contributed by atoms with Gasteiger partial charge in [-0.3, -0.25) is 0 Å². The van der Waals surface area contributed by atoms with Crippen LogP contribution in [0.15, 0.2) is 0 Å². The van der Waals surface area contributed by atoms with Crippen molar-refractivity contribution in [2.75, 3.05) is 18.6 Å². The van der Waals surface area contributed by atoms with Gasteiger partial charge >= 0.3 is 12.0 Å². The molecule has 0 spiro atoms. The van der Waals surface area contributed by atoms with Gasteiger partial charge in [-0.15, -0.1) is 0 Å². The van der Waals surface area contributed by atoms with E-state index < -0.39 is 27.4 Å². The van der Waals surface area contributed by atoms with Crippen LogP contribution in [0.4, 0.5) is 4.79 Å². The molecule has 0 atom stereocenters. The first-order valence-corrected chi connectivity index (χ1v) is 7.78. The molecule has 0 aliphatic heterocycles. The number of carboxylic acid groups (broad SMARTS) is 1. The van der Waals surface area contributed by atoms with Gasteiger partial charge in [-0.05, 0) is 25.7 Å². The lowest BCUT2D eigenvalue weighted by Gasteiger charge is -2.38. The zero-order chi connectivity index (χ0) is 13.8. The van der Waals surface area contributed by atoms with E-state index in [4.69, 9.17) is 5.11 Å². The summed E-state index contributed by atoms with van der Waals surface area (Å²) in [5.74, 6) is -1.03. The van der Waals surface area contributed by atoms with Crippen molar-refractivity contribution in [2.24, 2.45) is 0 Å². The van der Waals surface area contributed by atoms with Gasteiger partial charge in [0.2, 0.25) is 0 Å². The van der Waals surface area contributed by atoms with Gasteiger partial charge in [-0.1, -0.05) is 0 Å². The van der Waals surface area contributed by atoms with Crippen molar-refractivity contribution in [2.45, 2.75) is 31.2 Å². The van der Waals surface area contributed by atoms with Crippen LogP contribution in [0.25, 0.3) is 0 Å². The Labute approximate surface area is 106 Å². The Morgan fingerprint density at radius 1 is 1.33 bits per heavy atom. The Hall–Kier alpha value is -1.31. The highest BCUT2D eigenvalue weighted by molar-refractivity contribution is 7.90. The first-order valence-electron chi connectivity index (χ1n) is 5.72. The average Bonchev–Trinajstić information content (AvgIpc) is 2.16. The third-order valence-corrected chi connectivity index (χ3v) is 3.98. The molecule has 7 nitrogen and oxygen atoms in total.